The van der Waals surface area contributed by atoms with Crippen molar-refractivity contribution in [2.45, 2.75) is 57.0 Å². The van der Waals surface area contributed by atoms with Gasteiger partial charge in [0.1, 0.15) is 6.04 Å². The van der Waals surface area contributed by atoms with Crippen molar-refractivity contribution in [3.05, 3.63) is 36.0 Å². The van der Waals surface area contributed by atoms with Gasteiger partial charge in [-0.1, -0.05) is 31.0 Å². The molecule has 2 aromatic rings. The number of hydrogen-bond donors (Lipinski definition) is 2. The van der Waals surface area contributed by atoms with Gasteiger partial charge in [0.15, 0.2) is 0 Å². The molecule has 0 unspecified atom stereocenters. The van der Waals surface area contributed by atoms with Crippen LogP contribution in [0, 0.1) is 11.8 Å². The van der Waals surface area contributed by atoms with E-state index in [1.54, 1.807) is 4.90 Å². The largest absolute Gasteiger partial charge is 0.361 e. The van der Waals surface area contributed by atoms with Crippen molar-refractivity contribution in [3.63, 3.8) is 0 Å². The fraction of sp³-hybridized carbons (Fsp3) is 0.524. The fourth-order valence-corrected chi connectivity index (χ4v) is 4.86. The lowest BCUT2D eigenvalue weighted by Gasteiger charge is -2.45. The Morgan fingerprint density at radius 2 is 1.73 bits per heavy atom. The lowest BCUT2D eigenvalue weighted by atomic mass is 9.68. The van der Waals surface area contributed by atoms with Gasteiger partial charge in [-0.2, -0.15) is 0 Å². The van der Waals surface area contributed by atoms with Crippen LogP contribution in [0.5, 0.6) is 0 Å². The summed E-state index contributed by atoms with van der Waals surface area (Å²) in [6.07, 6.45) is 9.61. The molecule has 1 aromatic heterocycles. The van der Waals surface area contributed by atoms with Gasteiger partial charge >= 0.3 is 6.03 Å². The first-order chi connectivity index (χ1) is 12.7. The first kappa shape index (κ1) is 15.9. The molecule has 136 valence electrons. The molecule has 2 aliphatic carbocycles. The van der Waals surface area contributed by atoms with Crippen LogP contribution in [0.1, 0.15) is 44.1 Å². The smallest absolute Gasteiger partial charge is 0.325 e. The van der Waals surface area contributed by atoms with E-state index < -0.39 is 6.04 Å². The van der Waals surface area contributed by atoms with E-state index in [0.29, 0.717) is 18.3 Å². The third-order valence-corrected chi connectivity index (χ3v) is 6.71. The minimum atomic E-state index is -0.440. The van der Waals surface area contributed by atoms with Crippen LogP contribution in [0.2, 0.25) is 0 Å². The number of nitrogens with one attached hydrogen (secondary N) is 2. The molecule has 2 N–H and O–H groups in total. The number of aromatic amines is 1. The molecule has 2 heterocycles. The molecule has 5 nitrogen and oxygen atoms in total. The van der Waals surface area contributed by atoms with Crippen LogP contribution in [-0.2, 0) is 11.2 Å². The number of carbonyl (C=O) groups is 2. The van der Waals surface area contributed by atoms with Crippen molar-refractivity contribution in [2.24, 2.45) is 11.8 Å². The van der Waals surface area contributed by atoms with Gasteiger partial charge in [0.05, 0.1) is 0 Å². The Kier molecular flexibility index (Phi) is 3.76. The van der Waals surface area contributed by atoms with E-state index >= 15 is 0 Å². The normalized spacial score (nSPS) is 24.2. The molecule has 3 amide bonds. The maximum absolute atomic E-state index is 13.1. The van der Waals surface area contributed by atoms with Crippen molar-refractivity contribution in [1.29, 1.82) is 0 Å². The standard InChI is InChI=1S/C21H25N3O2/c25-20-18(11-15-12-22-17-10-2-1-9-16(15)17)23-21(26)24(20)19(13-5-3-6-13)14-7-4-8-14/h1-2,9-10,12-14,18-19,22H,3-8,11H2,(H,23,26)/t18-/m1/s1. The van der Waals surface area contributed by atoms with E-state index in [1.165, 1.54) is 12.8 Å². The SMILES string of the molecule is O=C1N[C@H](Cc2c[nH]c3ccccc23)C(=O)N1C(C1CCC1)C1CCC1. The fourth-order valence-electron chi connectivity index (χ4n) is 4.86. The summed E-state index contributed by atoms with van der Waals surface area (Å²) in [6.45, 7) is 0. The number of rotatable bonds is 5. The Hall–Kier alpha value is -2.30. The highest BCUT2D eigenvalue weighted by Gasteiger charge is 2.49. The highest BCUT2D eigenvalue weighted by molar-refractivity contribution is 6.05. The van der Waals surface area contributed by atoms with E-state index in [-0.39, 0.29) is 18.0 Å². The van der Waals surface area contributed by atoms with Crippen LogP contribution in [-0.4, -0.2) is 33.9 Å². The average molecular weight is 351 g/mol. The molecule has 0 radical (unpaired) electrons. The Labute approximate surface area is 153 Å². The monoisotopic (exact) mass is 351 g/mol. The second-order valence-corrected chi connectivity index (χ2v) is 8.15. The Morgan fingerprint density at radius 1 is 1.04 bits per heavy atom. The highest BCUT2D eigenvalue weighted by atomic mass is 16.2. The third kappa shape index (κ3) is 2.44. The molecule has 5 heteroatoms. The topological polar surface area (TPSA) is 65.2 Å². The van der Waals surface area contributed by atoms with Crippen LogP contribution < -0.4 is 5.32 Å². The zero-order valence-electron chi connectivity index (χ0n) is 14.9. The number of nitrogens with zero attached hydrogens (tertiary/aromatic N) is 1. The minimum absolute atomic E-state index is 0.0240. The molecule has 1 saturated heterocycles. The number of urea groups is 1. The minimum Gasteiger partial charge on any atom is -0.361 e. The number of para-hydroxylation sites is 1. The summed E-state index contributed by atoms with van der Waals surface area (Å²) in [7, 11) is 0. The second-order valence-electron chi connectivity index (χ2n) is 8.15. The van der Waals surface area contributed by atoms with Crippen molar-refractivity contribution >= 4 is 22.8 Å². The predicted molar refractivity (Wildman–Crippen MR) is 99.6 cm³/mol. The lowest BCUT2D eigenvalue weighted by molar-refractivity contribution is -0.132. The molecule has 1 aromatic carbocycles. The van der Waals surface area contributed by atoms with Gasteiger partial charge in [-0.3, -0.25) is 9.69 Å². The molecule has 26 heavy (non-hydrogen) atoms. The quantitative estimate of drug-likeness (QED) is 0.809. The summed E-state index contributed by atoms with van der Waals surface area (Å²) in [5.74, 6) is 1.01. The van der Waals surface area contributed by atoms with Gasteiger partial charge in [-0.25, -0.2) is 4.79 Å². The summed E-state index contributed by atoms with van der Waals surface area (Å²) in [5.41, 5.74) is 2.16. The van der Waals surface area contributed by atoms with Gasteiger partial charge in [0.2, 0.25) is 0 Å². The Bertz CT molecular complexity index is 836. The maximum Gasteiger partial charge on any atom is 0.325 e. The maximum atomic E-state index is 13.1. The summed E-state index contributed by atoms with van der Waals surface area (Å²) in [5, 5.41) is 4.09. The van der Waals surface area contributed by atoms with Crippen LogP contribution in [0.15, 0.2) is 30.5 Å². The molecule has 1 aliphatic heterocycles. The van der Waals surface area contributed by atoms with Crippen LogP contribution >= 0.6 is 0 Å². The molecule has 1 atom stereocenters. The van der Waals surface area contributed by atoms with Crippen molar-refractivity contribution in [1.82, 2.24) is 15.2 Å². The molecule has 5 rings (SSSR count). The van der Waals surface area contributed by atoms with Gasteiger partial charge in [0, 0.05) is 29.6 Å². The number of amides is 3. The van der Waals surface area contributed by atoms with Gasteiger partial charge in [-0.05, 0) is 49.1 Å². The number of H-pyrrole nitrogens is 1. The number of aromatic nitrogens is 1. The molecule has 0 spiro atoms. The Morgan fingerprint density at radius 3 is 2.38 bits per heavy atom. The van der Waals surface area contributed by atoms with E-state index in [0.717, 1.165) is 42.1 Å². The lowest BCUT2D eigenvalue weighted by Crippen LogP contribution is -2.52. The molecule has 0 bridgehead atoms. The zero-order chi connectivity index (χ0) is 17.7. The van der Waals surface area contributed by atoms with Crippen molar-refractivity contribution < 1.29 is 9.59 Å². The van der Waals surface area contributed by atoms with Crippen LogP contribution in [0.3, 0.4) is 0 Å². The average Bonchev–Trinajstić information content (AvgIpc) is 3.06. The molecule has 3 aliphatic rings. The van der Waals surface area contributed by atoms with Crippen molar-refractivity contribution in [2.75, 3.05) is 0 Å². The van der Waals surface area contributed by atoms with E-state index in [9.17, 15) is 9.59 Å². The second kappa shape index (κ2) is 6.15. The number of imide groups is 1. The first-order valence-electron chi connectivity index (χ1n) is 9.91. The van der Waals surface area contributed by atoms with Gasteiger partial charge in [0.25, 0.3) is 5.91 Å². The summed E-state index contributed by atoms with van der Waals surface area (Å²) in [4.78, 5) is 30.7. The summed E-state index contributed by atoms with van der Waals surface area (Å²) >= 11 is 0. The van der Waals surface area contributed by atoms with Crippen LogP contribution in [0.25, 0.3) is 10.9 Å². The third-order valence-electron chi connectivity index (χ3n) is 6.71. The summed E-state index contributed by atoms with van der Waals surface area (Å²) < 4.78 is 0. The molecule has 2 saturated carbocycles. The first-order valence-corrected chi connectivity index (χ1v) is 9.91. The molecular weight excluding hydrogens is 326 g/mol. The van der Waals surface area contributed by atoms with Crippen molar-refractivity contribution in [3.8, 4) is 0 Å². The molecular formula is C21H25N3O2. The Balaban J connectivity index is 1.38. The number of benzene rings is 1. The van der Waals surface area contributed by atoms with Crippen LogP contribution in [0.4, 0.5) is 4.79 Å². The predicted octanol–water partition coefficient (Wildman–Crippen LogP) is 3.60. The highest BCUT2D eigenvalue weighted by Crippen LogP contribution is 2.43. The van der Waals surface area contributed by atoms with E-state index in [1.807, 2.05) is 24.4 Å². The zero-order valence-corrected chi connectivity index (χ0v) is 14.9. The molecule has 3 fully saturated rings. The number of fused-ring (bicyclic) bond motifs is 1. The van der Waals surface area contributed by atoms with Gasteiger partial charge in [-0.15, -0.1) is 0 Å². The van der Waals surface area contributed by atoms with E-state index in [4.69, 9.17) is 0 Å². The number of carbonyl (C=O) groups excluding carboxylic acids is 2. The summed E-state index contributed by atoms with van der Waals surface area (Å²) in [6, 6.07) is 7.60. The van der Waals surface area contributed by atoms with E-state index in [2.05, 4.69) is 16.4 Å². The van der Waals surface area contributed by atoms with Gasteiger partial charge < -0.3 is 10.3 Å². The number of hydrogen-bond acceptors (Lipinski definition) is 2.